The molecule has 0 bridgehead atoms. The molecule has 0 saturated carbocycles. The number of aromatic nitrogens is 1. The summed E-state index contributed by atoms with van der Waals surface area (Å²) in [6.45, 7) is 3.46. The summed E-state index contributed by atoms with van der Waals surface area (Å²) in [6, 6.07) is 10.5. The molecule has 2 aliphatic rings. The lowest BCUT2D eigenvalue weighted by molar-refractivity contribution is 0.00977. The Labute approximate surface area is 151 Å². The second-order valence-electron chi connectivity index (χ2n) is 6.89. The third kappa shape index (κ3) is 2.88. The third-order valence-electron chi connectivity index (χ3n) is 5.11. The Bertz CT molecular complexity index is 811. The minimum Gasteiger partial charge on any atom is -0.440 e. The summed E-state index contributed by atoms with van der Waals surface area (Å²) in [6.07, 6.45) is 0.739. The fourth-order valence-corrected chi connectivity index (χ4v) is 3.84. The molecule has 3 heterocycles. The van der Waals surface area contributed by atoms with E-state index in [0.29, 0.717) is 38.2 Å². The quantitative estimate of drug-likeness (QED) is 0.847. The van der Waals surface area contributed by atoms with Gasteiger partial charge in [0.25, 0.3) is 0 Å². The number of aryl methyl sites for hydroxylation is 1. The Kier molecular flexibility index (Phi) is 4.24. The zero-order valence-corrected chi connectivity index (χ0v) is 14.6. The number of nitrogens with zero attached hydrogens (tertiary/aromatic N) is 2. The number of hydrogen-bond donors (Lipinski definition) is 1. The largest absolute Gasteiger partial charge is 0.440 e. The average molecular weight is 355 g/mol. The highest BCUT2D eigenvalue weighted by Gasteiger charge is 2.57. The summed E-state index contributed by atoms with van der Waals surface area (Å²) in [7, 11) is 0. The number of nitrogens with one attached hydrogen (secondary N) is 1. The van der Waals surface area contributed by atoms with E-state index in [0.717, 1.165) is 5.56 Å². The molecule has 1 aromatic heterocycles. The first kappa shape index (κ1) is 16.8. The lowest BCUT2D eigenvalue weighted by Crippen LogP contribution is -2.55. The van der Waals surface area contributed by atoms with Crippen molar-refractivity contribution >= 4 is 11.9 Å². The molecular formula is C19H21N3O4. The van der Waals surface area contributed by atoms with Gasteiger partial charge in [-0.15, -0.1) is 0 Å². The minimum atomic E-state index is -0.818. The van der Waals surface area contributed by atoms with Gasteiger partial charge in [0.15, 0.2) is 5.69 Å². The normalized spacial score (nSPS) is 21.8. The van der Waals surface area contributed by atoms with Crippen molar-refractivity contribution in [2.45, 2.75) is 38.0 Å². The van der Waals surface area contributed by atoms with Crippen LogP contribution in [-0.4, -0.2) is 46.7 Å². The van der Waals surface area contributed by atoms with E-state index < -0.39 is 17.7 Å². The topological polar surface area (TPSA) is 84.7 Å². The molecule has 1 amide bonds. The molecule has 0 aliphatic carbocycles. The van der Waals surface area contributed by atoms with Gasteiger partial charge in [-0.05, 0) is 25.6 Å². The van der Waals surface area contributed by atoms with Gasteiger partial charge in [-0.25, -0.2) is 4.79 Å². The highest BCUT2D eigenvalue weighted by atomic mass is 16.6. The molecule has 136 valence electrons. The van der Waals surface area contributed by atoms with E-state index in [-0.39, 0.29) is 11.5 Å². The van der Waals surface area contributed by atoms with Gasteiger partial charge in [0, 0.05) is 25.5 Å². The zero-order chi connectivity index (χ0) is 18.1. The molecule has 1 unspecified atom stereocenters. The predicted molar refractivity (Wildman–Crippen MR) is 92.7 cm³/mol. The van der Waals surface area contributed by atoms with Crippen LogP contribution in [0.1, 0.15) is 34.7 Å². The molecule has 2 aliphatic heterocycles. The average Bonchev–Trinajstić information content (AvgIpc) is 3.18. The summed E-state index contributed by atoms with van der Waals surface area (Å²) < 4.78 is 10.9. The van der Waals surface area contributed by atoms with Gasteiger partial charge >= 0.3 is 6.09 Å². The van der Waals surface area contributed by atoms with Crippen LogP contribution < -0.4 is 5.32 Å². The van der Waals surface area contributed by atoms with Crippen molar-refractivity contribution in [3.63, 3.8) is 0 Å². The summed E-state index contributed by atoms with van der Waals surface area (Å²) in [4.78, 5) is 27.5. The highest BCUT2D eigenvalue weighted by molar-refractivity contribution is 6.02. The number of carbonyl (C=O) groups excluding carboxylic acids is 2. The first-order chi connectivity index (χ1) is 12.6. The Hall–Kier alpha value is -2.67. The van der Waals surface area contributed by atoms with Gasteiger partial charge in [0.05, 0.1) is 0 Å². The van der Waals surface area contributed by atoms with Gasteiger partial charge in [0.2, 0.25) is 5.78 Å². The maximum atomic E-state index is 13.3. The summed E-state index contributed by atoms with van der Waals surface area (Å²) >= 11 is 0. The highest BCUT2D eigenvalue weighted by Crippen LogP contribution is 2.39. The number of amides is 1. The third-order valence-corrected chi connectivity index (χ3v) is 5.11. The molecule has 2 fully saturated rings. The number of Topliss-reactive ketones (excluding diaryl/α,β-unsaturated/α-hetero) is 1. The first-order valence-corrected chi connectivity index (χ1v) is 8.81. The van der Waals surface area contributed by atoms with Gasteiger partial charge in [-0.2, -0.15) is 0 Å². The van der Waals surface area contributed by atoms with E-state index >= 15 is 0 Å². The van der Waals surface area contributed by atoms with E-state index in [1.807, 2.05) is 30.3 Å². The van der Waals surface area contributed by atoms with Crippen LogP contribution in [0.4, 0.5) is 4.79 Å². The van der Waals surface area contributed by atoms with Gasteiger partial charge in [0.1, 0.15) is 17.4 Å². The van der Waals surface area contributed by atoms with Crippen LogP contribution in [0.15, 0.2) is 40.9 Å². The monoisotopic (exact) mass is 355 g/mol. The maximum absolute atomic E-state index is 13.3. The van der Waals surface area contributed by atoms with Crippen molar-refractivity contribution in [2.24, 2.45) is 0 Å². The molecule has 1 aromatic carbocycles. The maximum Gasteiger partial charge on any atom is 0.411 e. The van der Waals surface area contributed by atoms with Crippen molar-refractivity contribution < 1.29 is 18.8 Å². The number of rotatable bonds is 4. The Morgan fingerprint density at radius 1 is 1.31 bits per heavy atom. The zero-order valence-electron chi connectivity index (χ0n) is 14.6. The van der Waals surface area contributed by atoms with Crippen LogP contribution in [0.2, 0.25) is 0 Å². The number of carbonyl (C=O) groups is 2. The molecular weight excluding hydrogens is 334 g/mol. The molecule has 7 heteroatoms. The van der Waals surface area contributed by atoms with E-state index in [2.05, 4.69) is 10.5 Å². The first-order valence-electron chi connectivity index (χ1n) is 8.81. The molecule has 4 rings (SSSR count). The Morgan fingerprint density at radius 2 is 2.04 bits per heavy atom. The summed E-state index contributed by atoms with van der Waals surface area (Å²) in [5.74, 6) is 0.332. The van der Waals surface area contributed by atoms with Crippen LogP contribution in [0, 0.1) is 6.92 Å². The Balaban J connectivity index is 1.71. The summed E-state index contributed by atoms with van der Waals surface area (Å²) in [5.41, 5.74) is 0.368. The summed E-state index contributed by atoms with van der Waals surface area (Å²) in [5, 5.41) is 7.13. The number of piperidine rings is 1. The lowest BCUT2D eigenvalue weighted by Gasteiger charge is -2.36. The van der Waals surface area contributed by atoms with Crippen LogP contribution in [0.5, 0.6) is 0 Å². The SMILES string of the molecule is Cc1cc(C(=O)C2N(Cc3ccccc3)C(=O)OC23CCNCC3)no1. The number of hydrogen-bond acceptors (Lipinski definition) is 6. The number of ether oxygens (including phenoxy) is 1. The standard InChI is InChI=1S/C19H21N3O4/c1-13-11-15(21-26-13)16(23)17-19(7-9-20-10-8-19)25-18(24)22(17)12-14-5-3-2-4-6-14/h2-6,11,17,20H,7-10,12H2,1H3. The predicted octanol–water partition coefficient (Wildman–Crippen LogP) is 2.31. The Morgan fingerprint density at radius 3 is 2.69 bits per heavy atom. The molecule has 1 N–H and O–H groups in total. The van der Waals surface area contributed by atoms with Crippen molar-refractivity contribution in [3.05, 3.63) is 53.4 Å². The molecule has 1 spiro atoms. The van der Waals surface area contributed by atoms with Crippen molar-refractivity contribution in [2.75, 3.05) is 13.1 Å². The van der Waals surface area contributed by atoms with Gasteiger partial charge in [-0.1, -0.05) is 35.5 Å². The molecule has 26 heavy (non-hydrogen) atoms. The van der Waals surface area contributed by atoms with E-state index in [9.17, 15) is 9.59 Å². The fourth-order valence-electron chi connectivity index (χ4n) is 3.84. The smallest absolute Gasteiger partial charge is 0.411 e. The molecule has 1 atom stereocenters. The van der Waals surface area contributed by atoms with E-state index in [4.69, 9.17) is 9.26 Å². The lowest BCUT2D eigenvalue weighted by atomic mass is 9.81. The number of benzene rings is 1. The van der Waals surface area contributed by atoms with E-state index in [1.165, 1.54) is 4.90 Å². The fraction of sp³-hybridized carbons (Fsp3) is 0.421. The number of ketones is 1. The van der Waals surface area contributed by atoms with Gasteiger partial charge in [-0.3, -0.25) is 9.69 Å². The molecule has 0 radical (unpaired) electrons. The van der Waals surface area contributed by atoms with E-state index in [1.54, 1.807) is 13.0 Å². The molecule has 2 aromatic rings. The molecule has 7 nitrogen and oxygen atoms in total. The van der Waals surface area contributed by atoms with Crippen molar-refractivity contribution in [1.29, 1.82) is 0 Å². The van der Waals surface area contributed by atoms with Crippen molar-refractivity contribution in [3.8, 4) is 0 Å². The van der Waals surface area contributed by atoms with Crippen molar-refractivity contribution in [1.82, 2.24) is 15.4 Å². The molecule has 2 saturated heterocycles. The van der Waals surface area contributed by atoms with Crippen LogP contribution in [0.25, 0.3) is 0 Å². The second-order valence-corrected chi connectivity index (χ2v) is 6.89. The van der Waals surface area contributed by atoms with Crippen LogP contribution in [-0.2, 0) is 11.3 Å². The second kappa shape index (κ2) is 6.57. The van der Waals surface area contributed by atoms with Gasteiger partial charge < -0.3 is 14.6 Å². The van der Waals surface area contributed by atoms with Crippen LogP contribution >= 0.6 is 0 Å². The minimum absolute atomic E-state index is 0.231. The van der Waals surface area contributed by atoms with Crippen LogP contribution in [0.3, 0.4) is 0 Å².